The first-order chi connectivity index (χ1) is 11.7. The number of ether oxygens (including phenoxy) is 1. The molecule has 0 aliphatic heterocycles. The Bertz CT molecular complexity index is 1040. The van der Waals surface area contributed by atoms with Crippen LogP contribution in [0.3, 0.4) is 0 Å². The van der Waals surface area contributed by atoms with E-state index in [4.69, 9.17) is 4.74 Å². The molecular formula is C18H15N3O3. The second-order valence-electron chi connectivity index (χ2n) is 5.51. The van der Waals surface area contributed by atoms with E-state index in [0.717, 1.165) is 28.8 Å². The third kappa shape index (κ3) is 2.58. The molecule has 0 aliphatic rings. The number of aromatic amines is 1. The van der Waals surface area contributed by atoms with Crippen molar-refractivity contribution in [3.63, 3.8) is 0 Å². The lowest BCUT2D eigenvalue weighted by atomic mass is 10.1. The van der Waals surface area contributed by atoms with E-state index in [1.54, 1.807) is 7.11 Å². The molecule has 0 fully saturated rings. The molecule has 120 valence electrons. The molecule has 0 aliphatic carbocycles. The van der Waals surface area contributed by atoms with Crippen LogP contribution in [0.4, 0.5) is 0 Å². The van der Waals surface area contributed by atoms with Gasteiger partial charge in [0, 0.05) is 29.2 Å². The third-order valence-corrected chi connectivity index (χ3v) is 4.00. The minimum absolute atomic E-state index is 0.435. The molecule has 0 radical (unpaired) electrons. The monoisotopic (exact) mass is 321 g/mol. The zero-order valence-corrected chi connectivity index (χ0v) is 13.0. The van der Waals surface area contributed by atoms with Gasteiger partial charge in [0.15, 0.2) is 5.82 Å². The minimum Gasteiger partial charge on any atom is -0.497 e. The summed E-state index contributed by atoms with van der Waals surface area (Å²) >= 11 is 0. The maximum Gasteiger partial charge on any atom is 0.439 e. The second-order valence-corrected chi connectivity index (χ2v) is 5.51. The molecule has 2 heterocycles. The van der Waals surface area contributed by atoms with Crippen LogP contribution in [0.15, 0.2) is 64.0 Å². The van der Waals surface area contributed by atoms with E-state index < -0.39 is 5.76 Å². The summed E-state index contributed by atoms with van der Waals surface area (Å²) < 4.78 is 11.9. The van der Waals surface area contributed by atoms with Crippen molar-refractivity contribution in [3.8, 4) is 17.1 Å². The van der Waals surface area contributed by atoms with Crippen LogP contribution < -0.4 is 10.5 Å². The Kier molecular flexibility index (Phi) is 3.42. The summed E-state index contributed by atoms with van der Waals surface area (Å²) in [6, 6.07) is 16.0. The number of hydrogen-bond acceptors (Lipinski definition) is 4. The summed E-state index contributed by atoms with van der Waals surface area (Å²) in [5.74, 6) is 0.731. The molecule has 4 aromatic rings. The van der Waals surface area contributed by atoms with Gasteiger partial charge in [0.25, 0.3) is 0 Å². The number of hydrogen-bond donors (Lipinski definition) is 1. The number of aromatic nitrogens is 3. The highest BCUT2D eigenvalue weighted by molar-refractivity contribution is 5.84. The Morgan fingerprint density at radius 2 is 2.00 bits per heavy atom. The van der Waals surface area contributed by atoms with Crippen LogP contribution in [0.25, 0.3) is 22.3 Å². The Hall–Kier alpha value is -3.28. The summed E-state index contributed by atoms with van der Waals surface area (Å²) in [6.45, 7) is 0.771. The first kappa shape index (κ1) is 14.3. The van der Waals surface area contributed by atoms with Crippen LogP contribution in [0.2, 0.25) is 0 Å². The molecule has 0 saturated carbocycles. The number of nitrogens with one attached hydrogen (secondary N) is 1. The third-order valence-electron chi connectivity index (χ3n) is 4.00. The van der Waals surface area contributed by atoms with E-state index in [2.05, 4.69) is 31.4 Å². The van der Waals surface area contributed by atoms with Gasteiger partial charge in [-0.2, -0.15) is 0 Å². The molecule has 2 aromatic heterocycles. The summed E-state index contributed by atoms with van der Waals surface area (Å²) in [5.41, 5.74) is 3.12. The van der Waals surface area contributed by atoms with E-state index in [0.29, 0.717) is 5.82 Å². The normalized spacial score (nSPS) is 11.0. The predicted octanol–water partition coefficient (Wildman–Crippen LogP) is 3.04. The van der Waals surface area contributed by atoms with E-state index in [-0.39, 0.29) is 0 Å². The van der Waals surface area contributed by atoms with Gasteiger partial charge in [0.1, 0.15) is 5.75 Å². The van der Waals surface area contributed by atoms with Crippen molar-refractivity contribution in [3.05, 3.63) is 70.8 Å². The predicted molar refractivity (Wildman–Crippen MR) is 90.2 cm³/mol. The Balaban J connectivity index is 1.66. The van der Waals surface area contributed by atoms with Crippen molar-refractivity contribution in [2.45, 2.75) is 6.54 Å². The SMILES string of the molecule is COc1ccc(Cn2ccc3cc(-c4noc(=O)[nH]4)ccc32)cc1. The molecule has 0 atom stereocenters. The Morgan fingerprint density at radius 1 is 1.17 bits per heavy atom. The molecule has 4 rings (SSSR count). The van der Waals surface area contributed by atoms with Crippen molar-refractivity contribution in [2.75, 3.05) is 7.11 Å². The summed E-state index contributed by atoms with van der Waals surface area (Å²) in [4.78, 5) is 13.6. The lowest BCUT2D eigenvalue weighted by molar-refractivity contribution is 0.388. The second kappa shape index (κ2) is 5.73. The molecule has 0 amide bonds. The van der Waals surface area contributed by atoms with Gasteiger partial charge < -0.3 is 9.30 Å². The molecule has 6 nitrogen and oxygen atoms in total. The Morgan fingerprint density at radius 3 is 2.71 bits per heavy atom. The van der Waals surface area contributed by atoms with Gasteiger partial charge in [-0.15, -0.1) is 0 Å². The standard InChI is InChI=1S/C18H15N3O3/c1-23-15-5-2-12(3-6-15)11-21-9-8-13-10-14(4-7-16(13)21)17-19-18(22)24-20-17/h2-10H,11H2,1H3,(H,19,20,22). The largest absolute Gasteiger partial charge is 0.497 e. The van der Waals surface area contributed by atoms with E-state index in [1.807, 2.05) is 42.6 Å². The number of H-pyrrole nitrogens is 1. The quantitative estimate of drug-likeness (QED) is 0.627. The van der Waals surface area contributed by atoms with Gasteiger partial charge in [-0.1, -0.05) is 17.3 Å². The fraction of sp³-hybridized carbons (Fsp3) is 0.111. The number of methoxy groups -OCH3 is 1. The average molecular weight is 321 g/mol. The van der Waals surface area contributed by atoms with Gasteiger partial charge in [-0.25, -0.2) is 4.79 Å². The first-order valence-electron chi connectivity index (χ1n) is 7.51. The van der Waals surface area contributed by atoms with Crippen LogP contribution in [-0.2, 0) is 6.54 Å². The molecule has 2 aromatic carbocycles. The van der Waals surface area contributed by atoms with Gasteiger partial charge >= 0.3 is 5.76 Å². The smallest absolute Gasteiger partial charge is 0.439 e. The topological polar surface area (TPSA) is 73.0 Å². The van der Waals surface area contributed by atoms with Crippen LogP contribution >= 0.6 is 0 Å². The molecule has 0 saturated heterocycles. The highest BCUT2D eigenvalue weighted by atomic mass is 16.5. The fourth-order valence-corrected chi connectivity index (χ4v) is 2.77. The van der Waals surface area contributed by atoms with Gasteiger partial charge in [-0.3, -0.25) is 9.51 Å². The van der Waals surface area contributed by atoms with Crippen molar-refractivity contribution in [2.24, 2.45) is 0 Å². The molecule has 1 N–H and O–H groups in total. The first-order valence-corrected chi connectivity index (χ1v) is 7.51. The Labute approximate surface area is 137 Å². The maximum atomic E-state index is 11.1. The lowest BCUT2D eigenvalue weighted by Crippen LogP contribution is -1.98. The number of benzene rings is 2. The van der Waals surface area contributed by atoms with Crippen molar-refractivity contribution in [1.29, 1.82) is 0 Å². The molecule has 0 spiro atoms. The van der Waals surface area contributed by atoms with Crippen LogP contribution in [0.1, 0.15) is 5.56 Å². The molecule has 6 heteroatoms. The summed E-state index contributed by atoms with van der Waals surface area (Å²) in [7, 11) is 1.66. The number of rotatable bonds is 4. The highest BCUT2D eigenvalue weighted by Gasteiger charge is 2.08. The highest BCUT2D eigenvalue weighted by Crippen LogP contribution is 2.23. The van der Waals surface area contributed by atoms with Crippen LogP contribution in [-0.4, -0.2) is 21.8 Å². The minimum atomic E-state index is -0.554. The molecule has 0 unspecified atom stereocenters. The number of fused-ring (bicyclic) bond motifs is 1. The van der Waals surface area contributed by atoms with E-state index >= 15 is 0 Å². The van der Waals surface area contributed by atoms with Crippen molar-refractivity contribution >= 4 is 10.9 Å². The van der Waals surface area contributed by atoms with Crippen molar-refractivity contribution < 1.29 is 9.26 Å². The van der Waals surface area contributed by atoms with Gasteiger partial charge in [0.05, 0.1) is 7.11 Å². The van der Waals surface area contributed by atoms with Crippen molar-refractivity contribution in [1.82, 2.24) is 14.7 Å². The number of nitrogens with zero attached hydrogens (tertiary/aromatic N) is 2. The summed E-state index contributed by atoms with van der Waals surface area (Å²) in [6.07, 6.45) is 2.05. The van der Waals surface area contributed by atoms with E-state index in [1.165, 1.54) is 5.56 Å². The zero-order chi connectivity index (χ0) is 16.5. The van der Waals surface area contributed by atoms with Crippen LogP contribution in [0.5, 0.6) is 5.75 Å². The average Bonchev–Trinajstić information content (AvgIpc) is 3.22. The fourth-order valence-electron chi connectivity index (χ4n) is 2.77. The zero-order valence-electron chi connectivity index (χ0n) is 13.0. The molecule has 24 heavy (non-hydrogen) atoms. The van der Waals surface area contributed by atoms with E-state index in [9.17, 15) is 4.79 Å². The molecular weight excluding hydrogens is 306 g/mol. The van der Waals surface area contributed by atoms with Gasteiger partial charge in [0.2, 0.25) is 0 Å². The van der Waals surface area contributed by atoms with Gasteiger partial charge in [-0.05, 0) is 42.0 Å². The summed E-state index contributed by atoms with van der Waals surface area (Å²) in [5, 5.41) is 4.80. The van der Waals surface area contributed by atoms with Crippen LogP contribution in [0, 0.1) is 0 Å². The molecule has 0 bridgehead atoms. The maximum absolute atomic E-state index is 11.1. The lowest BCUT2D eigenvalue weighted by Gasteiger charge is -2.07.